The zero-order chi connectivity index (χ0) is 29.9. The molecule has 0 aromatic rings. The van der Waals surface area contributed by atoms with Gasteiger partial charge in [-0.1, -0.05) is 96.1 Å². The number of aliphatic hydroxyl groups is 1. The molecule has 0 rings (SSSR count). The van der Waals surface area contributed by atoms with Gasteiger partial charge in [-0.15, -0.1) is 0 Å². The second-order valence-electron chi connectivity index (χ2n) is 12.0. The number of hydrogen-bond donors (Lipinski definition) is 1. The summed E-state index contributed by atoms with van der Waals surface area (Å²) in [7, 11) is 5.86. The summed E-state index contributed by atoms with van der Waals surface area (Å²) in [5.74, 6) is -1.87. The van der Waals surface area contributed by atoms with Crippen molar-refractivity contribution in [2.75, 3.05) is 47.5 Å². The normalized spacial score (nSPS) is 13.5. The van der Waals surface area contributed by atoms with Gasteiger partial charge in [0, 0.05) is 6.42 Å². The van der Waals surface area contributed by atoms with Crippen LogP contribution in [0.15, 0.2) is 12.2 Å². The number of aliphatic hydroxyl groups excluding tert-OH is 1. The van der Waals surface area contributed by atoms with E-state index >= 15 is 0 Å². The summed E-state index contributed by atoms with van der Waals surface area (Å²) in [4.78, 5) is 23.0. The van der Waals surface area contributed by atoms with Crippen LogP contribution in [0.1, 0.15) is 122 Å². The zero-order valence-electron chi connectivity index (χ0n) is 26.2. The number of ether oxygens (including phenoxy) is 3. The predicted octanol–water partition coefficient (Wildman–Crippen LogP) is 5.30. The Morgan fingerprint density at radius 2 is 1.25 bits per heavy atom. The number of esters is 1. The molecule has 0 saturated heterocycles. The molecule has 0 fully saturated rings. The predicted molar refractivity (Wildman–Crippen MR) is 158 cm³/mol. The van der Waals surface area contributed by atoms with E-state index < -0.39 is 18.4 Å². The summed E-state index contributed by atoms with van der Waals surface area (Å²) >= 11 is 0. The molecule has 0 spiro atoms. The summed E-state index contributed by atoms with van der Waals surface area (Å²) in [6, 6.07) is 0. The number of likely N-dealkylation sites (N-methyl/N-ethyl adjacent to an activating group) is 1. The van der Waals surface area contributed by atoms with Crippen molar-refractivity contribution in [2.45, 2.75) is 135 Å². The van der Waals surface area contributed by atoms with Crippen molar-refractivity contribution in [3.05, 3.63) is 12.2 Å². The van der Waals surface area contributed by atoms with Crippen LogP contribution in [-0.2, 0) is 23.8 Å². The summed E-state index contributed by atoms with van der Waals surface area (Å²) in [5.41, 5.74) is 0. The van der Waals surface area contributed by atoms with Crippen LogP contribution in [0.4, 0.5) is 0 Å². The Morgan fingerprint density at radius 3 is 1.75 bits per heavy atom. The van der Waals surface area contributed by atoms with Gasteiger partial charge >= 0.3 is 5.97 Å². The maximum absolute atomic E-state index is 11.9. The lowest BCUT2D eigenvalue weighted by atomic mass is 10.1. The lowest BCUT2D eigenvalue weighted by Gasteiger charge is -2.26. The molecule has 0 aliphatic heterocycles. The van der Waals surface area contributed by atoms with E-state index in [9.17, 15) is 19.8 Å². The van der Waals surface area contributed by atoms with Crippen molar-refractivity contribution in [3.8, 4) is 0 Å². The van der Waals surface area contributed by atoms with Crippen LogP contribution in [0.2, 0.25) is 0 Å². The zero-order valence-corrected chi connectivity index (χ0v) is 26.2. The Labute approximate surface area is 245 Å². The Balaban J connectivity index is 3.56. The highest BCUT2D eigenvalue weighted by Crippen LogP contribution is 2.13. The van der Waals surface area contributed by atoms with E-state index in [0.29, 0.717) is 17.4 Å². The third-order valence-electron chi connectivity index (χ3n) is 6.74. The molecule has 0 aliphatic rings. The van der Waals surface area contributed by atoms with E-state index in [1.807, 2.05) is 21.1 Å². The van der Waals surface area contributed by atoms with Gasteiger partial charge in [-0.05, 0) is 32.1 Å². The molecule has 1 N–H and O–H groups in total. The lowest BCUT2D eigenvalue weighted by molar-refractivity contribution is -0.870. The molecule has 0 amide bonds. The molecule has 8 nitrogen and oxygen atoms in total. The Bertz CT molecular complexity index is 633. The maximum Gasteiger partial charge on any atom is 0.305 e. The molecular formula is C32H61NO7. The van der Waals surface area contributed by atoms with Crippen LogP contribution in [0, 0.1) is 0 Å². The first-order chi connectivity index (χ1) is 19.2. The molecule has 2 atom stereocenters. The topological polar surface area (TPSA) is 105 Å². The average molecular weight is 572 g/mol. The van der Waals surface area contributed by atoms with Gasteiger partial charge in [0.25, 0.3) is 0 Å². The van der Waals surface area contributed by atoms with Gasteiger partial charge in [0.2, 0.25) is 0 Å². The van der Waals surface area contributed by atoms with Crippen molar-refractivity contribution < 1.29 is 38.5 Å². The Morgan fingerprint density at radius 1 is 0.750 bits per heavy atom. The smallest absolute Gasteiger partial charge is 0.305 e. The standard InChI is InChI=1S/C32H61NO7/c1-5-6-7-8-9-10-11-12-13-14-15-16-17-18-19-20-21-22-23-24-30(35)39-27-29(34)28-40-32(31(36)37)38-26-25-33(2,3)4/h12-13,29,32,34H,5-11,14-28H2,1-4H3/b13-12-. The van der Waals surface area contributed by atoms with E-state index in [0.717, 1.165) is 19.3 Å². The summed E-state index contributed by atoms with van der Waals surface area (Å²) in [5, 5.41) is 21.1. The maximum atomic E-state index is 11.9. The van der Waals surface area contributed by atoms with Crippen LogP contribution in [0.3, 0.4) is 0 Å². The van der Waals surface area contributed by atoms with Gasteiger partial charge in [0.15, 0.2) is 6.29 Å². The summed E-state index contributed by atoms with van der Waals surface area (Å²) in [6.45, 7) is 2.45. The van der Waals surface area contributed by atoms with Crippen LogP contribution in [0.25, 0.3) is 0 Å². The number of rotatable bonds is 29. The van der Waals surface area contributed by atoms with E-state index in [-0.39, 0.29) is 25.8 Å². The second-order valence-corrected chi connectivity index (χ2v) is 12.0. The first-order valence-corrected chi connectivity index (χ1v) is 15.9. The molecule has 0 saturated carbocycles. The number of nitrogens with zero attached hydrogens (tertiary/aromatic N) is 1. The van der Waals surface area contributed by atoms with Gasteiger partial charge in [0.1, 0.15) is 19.3 Å². The van der Waals surface area contributed by atoms with Crippen molar-refractivity contribution in [3.63, 3.8) is 0 Å². The van der Waals surface area contributed by atoms with Gasteiger partial charge in [-0.3, -0.25) is 4.79 Å². The number of carbonyl (C=O) groups is 2. The Hall–Kier alpha value is -1.48. The third-order valence-corrected chi connectivity index (χ3v) is 6.74. The third kappa shape index (κ3) is 28.1. The first kappa shape index (κ1) is 38.5. The van der Waals surface area contributed by atoms with E-state index in [4.69, 9.17) is 14.2 Å². The number of hydrogen-bond acceptors (Lipinski definition) is 7. The van der Waals surface area contributed by atoms with Crippen molar-refractivity contribution >= 4 is 11.9 Å². The molecule has 0 heterocycles. The van der Waals surface area contributed by atoms with Crippen molar-refractivity contribution in [2.24, 2.45) is 0 Å². The van der Waals surface area contributed by atoms with Crippen LogP contribution < -0.4 is 5.11 Å². The van der Waals surface area contributed by atoms with E-state index in [1.165, 1.54) is 89.9 Å². The monoisotopic (exact) mass is 571 g/mol. The fraction of sp³-hybridized carbons (Fsp3) is 0.875. The highest BCUT2D eigenvalue weighted by Gasteiger charge is 2.17. The number of unbranched alkanes of at least 4 members (excludes halogenated alkanes) is 15. The van der Waals surface area contributed by atoms with Crippen molar-refractivity contribution in [1.82, 2.24) is 0 Å². The minimum atomic E-state index is -1.57. The molecule has 40 heavy (non-hydrogen) atoms. The van der Waals surface area contributed by atoms with Gasteiger partial charge < -0.3 is 33.7 Å². The molecule has 0 radical (unpaired) electrons. The van der Waals surface area contributed by atoms with Crippen LogP contribution >= 0.6 is 0 Å². The van der Waals surface area contributed by atoms with Gasteiger partial charge in [-0.2, -0.15) is 0 Å². The average Bonchev–Trinajstić information content (AvgIpc) is 2.89. The van der Waals surface area contributed by atoms with Gasteiger partial charge in [-0.25, -0.2) is 0 Å². The summed E-state index contributed by atoms with van der Waals surface area (Å²) < 4.78 is 15.9. The molecule has 2 unspecified atom stereocenters. The van der Waals surface area contributed by atoms with E-state index in [2.05, 4.69) is 19.1 Å². The second kappa shape index (κ2) is 26.4. The van der Waals surface area contributed by atoms with Gasteiger partial charge in [0.05, 0.1) is 40.3 Å². The molecule has 0 bridgehead atoms. The number of allylic oxidation sites excluding steroid dienone is 2. The largest absolute Gasteiger partial charge is 0.545 e. The molecule has 0 aliphatic carbocycles. The number of quaternary nitrogens is 1. The van der Waals surface area contributed by atoms with Crippen LogP contribution in [-0.4, -0.2) is 81.4 Å². The SMILES string of the molecule is CCCCCCCC/C=C\CCCCCCCCCCCC(=O)OCC(O)COC(OCC[N+](C)(C)C)C(=O)[O-]. The lowest BCUT2D eigenvalue weighted by Crippen LogP contribution is -2.44. The fourth-order valence-electron chi connectivity index (χ4n) is 4.17. The number of carboxylic acids is 1. The molecule has 0 aromatic carbocycles. The molecule has 236 valence electrons. The minimum absolute atomic E-state index is 0.171. The quantitative estimate of drug-likeness (QED) is 0.0427. The van der Waals surface area contributed by atoms with Crippen LogP contribution in [0.5, 0.6) is 0 Å². The minimum Gasteiger partial charge on any atom is -0.545 e. The first-order valence-electron chi connectivity index (χ1n) is 15.9. The highest BCUT2D eigenvalue weighted by molar-refractivity contribution is 5.69. The highest BCUT2D eigenvalue weighted by atomic mass is 16.7. The number of aliphatic carboxylic acids is 1. The summed E-state index contributed by atoms with van der Waals surface area (Å²) in [6.07, 6.45) is 23.5. The van der Waals surface area contributed by atoms with E-state index in [1.54, 1.807) is 0 Å². The fourth-order valence-corrected chi connectivity index (χ4v) is 4.17. The molecular weight excluding hydrogens is 510 g/mol. The molecule has 8 heteroatoms. The number of carbonyl (C=O) groups excluding carboxylic acids is 2. The molecule has 0 aromatic heterocycles. The van der Waals surface area contributed by atoms with Crippen molar-refractivity contribution in [1.29, 1.82) is 0 Å². The number of carboxylic acid groups (broad SMARTS) is 1. The Kier molecular flexibility index (Phi) is 25.4.